The van der Waals surface area contributed by atoms with Gasteiger partial charge in [0.15, 0.2) is 27.6 Å². The molecule has 0 spiro atoms. The van der Waals surface area contributed by atoms with Crippen molar-refractivity contribution in [1.29, 1.82) is 0 Å². The van der Waals surface area contributed by atoms with Crippen molar-refractivity contribution in [3.05, 3.63) is 46.0 Å². The molecule has 11 heteroatoms. The van der Waals surface area contributed by atoms with E-state index < -0.39 is 5.97 Å². The van der Waals surface area contributed by atoms with Gasteiger partial charge in [-0.05, 0) is 65.4 Å². The lowest BCUT2D eigenvalue weighted by molar-refractivity contribution is 0.0690. The maximum absolute atomic E-state index is 11.9. The summed E-state index contributed by atoms with van der Waals surface area (Å²) in [5.41, 5.74) is 3.24. The average molecular weight is 510 g/mol. The van der Waals surface area contributed by atoms with Crippen molar-refractivity contribution < 1.29 is 9.90 Å². The first kappa shape index (κ1) is 23.6. The fourth-order valence-electron chi connectivity index (χ4n) is 4.26. The van der Waals surface area contributed by atoms with Crippen LogP contribution in [0.3, 0.4) is 0 Å². The second-order valence-electron chi connectivity index (χ2n) is 8.82. The van der Waals surface area contributed by atoms with E-state index in [9.17, 15) is 9.90 Å². The van der Waals surface area contributed by atoms with Crippen LogP contribution in [-0.4, -0.2) is 63.3 Å². The van der Waals surface area contributed by atoms with E-state index in [-0.39, 0.29) is 5.69 Å². The third-order valence-electron chi connectivity index (χ3n) is 6.03. The zero-order chi connectivity index (χ0) is 24.5. The van der Waals surface area contributed by atoms with Gasteiger partial charge in [-0.3, -0.25) is 0 Å². The minimum Gasteiger partial charge on any atom is -0.476 e. The number of nitrogens with one attached hydrogen (secondary N) is 1. The Balaban J connectivity index is 1.43. The molecule has 3 aromatic heterocycles. The van der Waals surface area contributed by atoms with Gasteiger partial charge in [0.1, 0.15) is 0 Å². The first-order chi connectivity index (χ1) is 16.9. The molecular formula is C24H27N7O2S2. The van der Waals surface area contributed by atoms with Crippen LogP contribution in [0.2, 0.25) is 0 Å². The quantitative estimate of drug-likeness (QED) is 0.344. The number of carboxylic acids is 1. The van der Waals surface area contributed by atoms with Crippen molar-refractivity contribution >= 4 is 60.8 Å². The molecule has 2 N–H and O–H groups in total. The first-order valence-electron chi connectivity index (χ1n) is 11.5. The Hall–Kier alpha value is -3.15. The van der Waals surface area contributed by atoms with Crippen LogP contribution >= 0.6 is 22.7 Å². The van der Waals surface area contributed by atoms with E-state index in [1.165, 1.54) is 11.3 Å². The topological polar surface area (TPSA) is 107 Å². The number of aromatic carboxylic acids is 1. The molecule has 0 unspecified atom stereocenters. The number of aromatic nitrogens is 4. The van der Waals surface area contributed by atoms with Gasteiger partial charge in [0, 0.05) is 22.5 Å². The molecule has 0 atom stereocenters. The van der Waals surface area contributed by atoms with Crippen LogP contribution in [0, 0.1) is 6.92 Å². The predicted octanol–water partition coefficient (Wildman–Crippen LogP) is 4.87. The highest BCUT2D eigenvalue weighted by Gasteiger charge is 2.28. The van der Waals surface area contributed by atoms with Crippen LogP contribution in [0.4, 0.5) is 21.9 Å². The summed E-state index contributed by atoms with van der Waals surface area (Å²) >= 11 is 3.03. The monoisotopic (exact) mass is 509 g/mol. The number of rotatable bonds is 8. The number of carbonyl (C=O) groups is 1. The molecule has 9 nitrogen and oxygen atoms in total. The molecule has 0 saturated heterocycles. The lowest BCUT2D eigenvalue weighted by atomic mass is 10.0. The zero-order valence-corrected chi connectivity index (χ0v) is 21.5. The SMILES string of the molecule is Cc1c(Nc2nc3ccccc3s2)nnc2c1CCCN2c1nc(C(=O)O)c(CCCN(C)C)s1. The Morgan fingerprint density at radius 2 is 2.03 bits per heavy atom. The standard InChI is InChI=1S/C24H27N7O2S2/c1-14-15-8-6-13-31(24-26-19(22(32)33)18(35-24)11-7-12-30(2)3)21(15)29-28-20(14)27-23-25-16-9-4-5-10-17(16)34-23/h4-5,9-10H,6-8,11-13H2,1-3H3,(H,32,33)(H,25,27,28). The van der Waals surface area contributed by atoms with E-state index in [1.54, 1.807) is 11.3 Å². The Kier molecular flexibility index (Phi) is 6.63. The summed E-state index contributed by atoms with van der Waals surface area (Å²) in [5, 5.41) is 23.6. The van der Waals surface area contributed by atoms with E-state index in [0.29, 0.717) is 17.4 Å². The molecule has 0 bridgehead atoms. The molecule has 0 radical (unpaired) electrons. The second kappa shape index (κ2) is 9.84. The van der Waals surface area contributed by atoms with E-state index in [4.69, 9.17) is 0 Å². The minimum atomic E-state index is -0.984. The minimum absolute atomic E-state index is 0.148. The summed E-state index contributed by atoms with van der Waals surface area (Å²) in [4.78, 5) is 26.0. The molecule has 1 aromatic carbocycles. The molecule has 0 aliphatic carbocycles. The summed E-state index contributed by atoms with van der Waals surface area (Å²) in [7, 11) is 4.03. The van der Waals surface area contributed by atoms with Gasteiger partial charge in [0.05, 0.1) is 10.2 Å². The number of aryl methyl sites for hydroxylation is 1. The average Bonchev–Trinajstić information content (AvgIpc) is 3.44. The summed E-state index contributed by atoms with van der Waals surface area (Å²) in [6.45, 7) is 3.67. The maximum Gasteiger partial charge on any atom is 0.355 e. The molecule has 1 aliphatic heterocycles. The Labute approximate surface area is 211 Å². The van der Waals surface area contributed by atoms with Crippen LogP contribution in [0.25, 0.3) is 10.2 Å². The number of benzene rings is 1. The van der Waals surface area contributed by atoms with Gasteiger partial charge in [-0.25, -0.2) is 14.8 Å². The van der Waals surface area contributed by atoms with Crippen LogP contribution in [0.15, 0.2) is 24.3 Å². The molecule has 182 valence electrons. The lowest BCUT2D eigenvalue weighted by Crippen LogP contribution is -2.27. The molecule has 4 aromatic rings. The van der Waals surface area contributed by atoms with Gasteiger partial charge in [-0.1, -0.05) is 23.5 Å². The molecule has 35 heavy (non-hydrogen) atoms. The number of carboxylic acid groups (broad SMARTS) is 1. The number of thiazole rings is 2. The third-order valence-corrected chi connectivity index (χ3v) is 8.12. The summed E-state index contributed by atoms with van der Waals surface area (Å²) in [6.07, 6.45) is 3.38. The highest BCUT2D eigenvalue weighted by Crippen LogP contribution is 2.39. The molecular weight excluding hydrogens is 482 g/mol. The smallest absolute Gasteiger partial charge is 0.355 e. The maximum atomic E-state index is 11.9. The number of anilines is 4. The van der Waals surface area contributed by atoms with Gasteiger partial charge >= 0.3 is 5.97 Å². The number of para-hydroxylation sites is 1. The molecule has 4 heterocycles. The first-order valence-corrected chi connectivity index (χ1v) is 13.2. The predicted molar refractivity (Wildman–Crippen MR) is 141 cm³/mol. The molecule has 0 saturated carbocycles. The second-order valence-corrected chi connectivity index (χ2v) is 10.9. The van der Waals surface area contributed by atoms with Gasteiger partial charge in [-0.15, -0.1) is 21.5 Å². The van der Waals surface area contributed by atoms with Crippen molar-refractivity contribution in [2.24, 2.45) is 0 Å². The van der Waals surface area contributed by atoms with Crippen LogP contribution in [0.1, 0.15) is 39.3 Å². The lowest BCUT2D eigenvalue weighted by Gasteiger charge is -2.28. The van der Waals surface area contributed by atoms with Gasteiger partial charge < -0.3 is 20.2 Å². The number of fused-ring (bicyclic) bond motifs is 2. The van der Waals surface area contributed by atoms with Crippen LogP contribution < -0.4 is 10.2 Å². The summed E-state index contributed by atoms with van der Waals surface area (Å²) in [5.74, 6) is 0.468. The van der Waals surface area contributed by atoms with E-state index in [1.807, 2.05) is 44.1 Å². The molecule has 0 fully saturated rings. The van der Waals surface area contributed by atoms with Gasteiger partial charge in [-0.2, -0.15) is 0 Å². The number of hydrogen-bond donors (Lipinski definition) is 2. The highest BCUT2D eigenvalue weighted by molar-refractivity contribution is 7.22. The third kappa shape index (κ3) is 4.84. The fraction of sp³-hybridized carbons (Fsp3) is 0.375. The van der Waals surface area contributed by atoms with Crippen molar-refractivity contribution in [1.82, 2.24) is 25.1 Å². The number of nitrogens with zero attached hydrogens (tertiary/aromatic N) is 6. The summed E-state index contributed by atoms with van der Waals surface area (Å²) in [6, 6.07) is 8.03. The van der Waals surface area contributed by atoms with Crippen molar-refractivity contribution in [3.8, 4) is 0 Å². The fourth-order valence-corrected chi connectivity index (χ4v) is 6.24. The summed E-state index contributed by atoms with van der Waals surface area (Å²) < 4.78 is 1.11. The largest absolute Gasteiger partial charge is 0.476 e. The van der Waals surface area contributed by atoms with Crippen molar-refractivity contribution in [2.75, 3.05) is 37.4 Å². The van der Waals surface area contributed by atoms with E-state index in [2.05, 4.69) is 36.4 Å². The van der Waals surface area contributed by atoms with Crippen LogP contribution in [-0.2, 0) is 12.8 Å². The van der Waals surface area contributed by atoms with Crippen LogP contribution in [0.5, 0.6) is 0 Å². The Morgan fingerprint density at radius 1 is 1.20 bits per heavy atom. The Bertz CT molecular complexity index is 1350. The zero-order valence-electron chi connectivity index (χ0n) is 19.9. The van der Waals surface area contributed by atoms with Gasteiger partial charge in [0.25, 0.3) is 0 Å². The van der Waals surface area contributed by atoms with Crippen molar-refractivity contribution in [3.63, 3.8) is 0 Å². The highest BCUT2D eigenvalue weighted by atomic mass is 32.1. The van der Waals surface area contributed by atoms with E-state index in [0.717, 1.165) is 69.5 Å². The molecule has 1 aliphatic rings. The van der Waals surface area contributed by atoms with E-state index >= 15 is 0 Å². The normalized spacial score (nSPS) is 13.4. The van der Waals surface area contributed by atoms with Gasteiger partial charge in [0.2, 0.25) is 0 Å². The van der Waals surface area contributed by atoms with Crippen molar-refractivity contribution in [2.45, 2.75) is 32.6 Å². The molecule has 5 rings (SSSR count). The molecule has 0 amide bonds. The Morgan fingerprint density at radius 3 is 2.80 bits per heavy atom. The number of hydrogen-bond acceptors (Lipinski definition) is 10.